The number of alkyl halides is 1. The summed E-state index contributed by atoms with van der Waals surface area (Å²) in [7, 11) is 0. The van der Waals surface area contributed by atoms with Gasteiger partial charge in [-0.15, -0.1) is 0 Å². The molecule has 0 fully saturated rings. The number of aromatic nitrogens is 2. The summed E-state index contributed by atoms with van der Waals surface area (Å²) < 4.78 is 15.8. The number of nitrogens with zero attached hydrogens (tertiary/aromatic N) is 2. The third-order valence-electron chi connectivity index (χ3n) is 3.03. The van der Waals surface area contributed by atoms with Crippen molar-refractivity contribution in [2.75, 3.05) is 6.54 Å². The zero-order chi connectivity index (χ0) is 12.1. The normalized spacial score (nSPS) is 15.4. The predicted octanol–water partition coefficient (Wildman–Crippen LogP) is 2.01. The lowest BCUT2D eigenvalue weighted by molar-refractivity contribution is 0.185. The van der Waals surface area contributed by atoms with Crippen LogP contribution in [-0.4, -0.2) is 22.5 Å². The Morgan fingerprint density at radius 2 is 2.19 bits per heavy atom. The van der Waals surface area contributed by atoms with Crippen LogP contribution in [0, 0.1) is 11.8 Å². The highest BCUT2D eigenvalue weighted by atomic mass is 19.1. The summed E-state index contributed by atoms with van der Waals surface area (Å²) in [4.78, 5) is 0. The molecule has 4 heteroatoms. The van der Waals surface area contributed by atoms with Crippen molar-refractivity contribution >= 4 is 0 Å². The van der Waals surface area contributed by atoms with Crippen LogP contribution in [0.5, 0.6) is 0 Å². The van der Waals surface area contributed by atoms with Crippen molar-refractivity contribution in [1.29, 1.82) is 0 Å². The molecule has 0 aliphatic heterocycles. The topological polar surface area (TPSA) is 43.8 Å². The van der Waals surface area contributed by atoms with E-state index in [1.165, 1.54) is 0 Å². The summed E-state index contributed by atoms with van der Waals surface area (Å²) in [5, 5.41) is 4.14. The van der Waals surface area contributed by atoms with E-state index in [0.29, 0.717) is 13.0 Å². The van der Waals surface area contributed by atoms with Gasteiger partial charge >= 0.3 is 0 Å². The standard InChI is InChI=1S/C12H22FN3/c1-4-16-8-10(7-15-16)5-12(13)11(6-14)9(2)3/h7-9,11-12H,4-6,14H2,1-3H3. The fourth-order valence-electron chi connectivity index (χ4n) is 1.90. The molecule has 0 aliphatic rings. The third-order valence-corrected chi connectivity index (χ3v) is 3.03. The Bertz CT molecular complexity index is 309. The molecule has 0 amide bonds. The van der Waals surface area contributed by atoms with Gasteiger partial charge < -0.3 is 5.73 Å². The van der Waals surface area contributed by atoms with Gasteiger partial charge in [0.1, 0.15) is 6.17 Å². The van der Waals surface area contributed by atoms with Gasteiger partial charge in [-0.05, 0) is 24.9 Å². The van der Waals surface area contributed by atoms with Crippen LogP contribution in [0.25, 0.3) is 0 Å². The molecule has 0 radical (unpaired) electrons. The Balaban J connectivity index is 2.58. The minimum atomic E-state index is -0.875. The van der Waals surface area contributed by atoms with Crippen molar-refractivity contribution in [3.63, 3.8) is 0 Å². The third kappa shape index (κ3) is 3.30. The quantitative estimate of drug-likeness (QED) is 0.808. The molecule has 0 spiro atoms. The number of aryl methyl sites for hydroxylation is 1. The van der Waals surface area contributed by atoms with Crippen LogP contribution in [0.15, 0.2) is 12.4 Å². The summed E-state index contributed by atoms with van der Waals surface area (Å²) in [6, 6.07) is 0. The molecule has 2 unspecified atom stereocenters. The van der Waals surface area contributed by atoms with Gasteiger partial charge in [0.2, 0.25) is 0 Å². The summed E-state index contributed by atoms with van der Waals surface area (Å²) >= 11 is 0. The van der Waals surface area contributed by atoms with E-state index in [4.69, 9.17) is 5.73 Å². The summed E-state index contributed by atoms with van der Waals surface area (Å²) in [5.41, 5.74) is 6.55. The number of halogens is 1. The number of hydrogen-bond acceptors (Lipinski definition) is 2. The highest BCUT2D eigenvalue weighted by Crippen LogP contribution is 2.20. The Hall–Kier alpha value is -0.900. The van der Waals surface area contributed by atoms with Crippen molar-refractivity contribution in [1.82, 2.24) is 9.78 Å². The van der Waals surface area contributed by atoms with Gasteiger partial charge in [0, 0.05) is 25.1 Å². The zero-order valence-corrected chi connectivity index (χ0v) is 10.4. The van der Waals surface area contributed by atoms with E-state index < -0.39 is 6.17 Å². The van der Waals surface area contributed by atoms with Gasteiger partial charge in [0.15, 0.2) is 0 Å². The molecule has 0 aliphatic carbocycles. The van der Waals surface area contributed by atoms with E-state index in [0.717, 1.165) is 12.1 Å². The molecule has 0 saturated heterocycles. The lowest BCUT2D eigenvalue weighted by atomic mass is 9.88. The zero-order valence-electron chi connectivity index (χ0n) is 10.4. The fraction of sp³-hybridized carbons (Fsp3) is 0.750. The predicted molar refractivity (Wildman–Crippen MR) is 63.9 cm³/mol. The molecular formula is C12H22FN3. The average molecular weight is 227 g/mol. The van der Waals surface area contributed by atoms with E-state index in [-0.39, 0.29) is 11.8 Å². The highest BCUT2D eigenvalue weighted by Gasteiger charge is 2.23. The second-order valence-corrected chi connectivity index (χ2v) is 4.57. The molecular weight excluding hydrogens is 205 g/mol. The number of nitrogens with two attached hydrogens (primary N) is 1. The molecule has 2 N–H and O–H groups in total. The van der Waals surface area contributed by atoms with Gasteiger partial charge in [0.05, 0.1) is 6.20 Å². The molecule has 3 nitrogen and oxygen atoms in total. The van der Waals surface area contributed by atoms with E-state index in [2.05, 4.69) is 5.10 Å². The minimum absolute atomic E-state index is 0.0648. The van der Waals surface area contributed by atoms with Crippen molar-refractivity contribution in [2.45, 2.75) is 39.9 Å². The molecule has 2 atom stereocenters. The summed E-state index contributed by atoms with van der Waals surface area (Å²) in [6.45, 7) is 7.27. The number of rotatable bonds is 6. The van der Waals surface area contributed by atoms with Crippen LogP contribution in [0.4, 0.5) is 4.39 Å². The summed E-state index contributed by atoms with van der Waals surface area (Å²) in [6.07, 6.45) is 3.18. The van der Waals surface area contributed by atoms with E-state index in [1.807, 2.05) is 31.6 Å². The van der Waals surface area contributed by atoms with E-state index in [9.17, 15) is 4.39 Å². The second-order valence-electron chi connectivity index (χ2n) is 4.57. The van der Waals surface area contributed by atoms with Gasteiger partial charge in [-0.25, -0.2) is 4.39 Å². The first-order valence-electron chi connectivity index (χ1n) is 5.93. The van der Waals surface area contributed by atoms with Crippen molar-refractivity contribution in [2.24, 2.45) is 17.6 Å². The van der Waals surface area contributed by atoms with Gasteiger partial charge in [-0.1, -0.05) is 13.8 Å². The Kier molecular flexibility index (Phi) is 4.93. The SMILES string of the molecule is CCn1cc(CC(F)C(CN)C(C)C)cn1. The molecule has 0 aromatic carbocycles. The summed E-state index contributed by atoms with van der Waals surface area (Å²) in [5.74, 6) is 0.214. The van der Waals surface area contributed by atoms with Crippen LogP contribution < -0.4 is 5.73 Å². The first-order valence-corrected chi connectivity index (χ1v) is 5.93. The molecule has 1 heterocycles. The van der Waals surface area contributed by atoms with Gasteiger partial charge in [0.25, 0.3) is 0 Å². The largest absolute Gasteiger partial charge is 0.330 e. The molecule has 0 bridgehead atoms. The van der Waals surface area contributed by atoms with Crippen molar-refractivity contribution < 1.29 is 4.39 Å². The Labute approximate surface area is 96.8 Å². The lowest BCUT2D eigenvalue weighted by Gasteiger charge is -2.22. The molecule has 1 aromatic rings. The monoisotopic (exact) mass is 227 g/mol. The highest BCUT2D eigenvalue weighted by molar-refractivity contribution is 5.06. The van der Waals surface area contributed by atoms with Crippen LogP contribution in [0.3, 0.4) is 0 Å². The first kappa shape index (κ1) is 13.2. The van der Waals surface area contributed by atoms with Crippen molar-refractivity contribution in [3.8, 4) is 0 Å². The van der Waals surface area contributed by atoms with E-state index >= 15 is 0 Å². The fourth-order valence-corrected chi connectivity index (χ4v) is 1.90. The molecule has 92 valence electrons. The maximum absolute atomic E-state index is 14.0. The Morgan fingerprint density at radius 3 is 2.62 bits per heavy atom. The minimum Gasteiger partial charge on any atom is -0.330 e. The molecule has 1 rings (SSSR count). The van der Waals surface area contributed by atoms with Gasteiger partial charge in [-0.3, -0.25) is 4.68 Å². The maximum Gasteiger partial charge on any atom is 0.108 e. The molecule has 0 saturated carbocycles. The average Bonchev–Trinajstić information content (AvgIpc) is 2.65. The second kappa shape index (κ2) is 5.99. The van der Waals surface area contributed by atoms with Crippen LogP contribution in [-0.2, 0) is 13.0 Å². The van der Waals surface area contributed by atoms with Crippen LogP contribution in [0.2, 0.25) is 0 Å². The van der Waals surface area contributed by atoms with Crippen molar-refractivity contribution in [3.05, 3.63) is 18.0 Å². The smallest absolute Gasteiger partial charge is 0.108 e. The number of hydrogen-bond donors (Lipinski definition) is 1. The molecule has 1 aromatic heterocycles. The van der Waals surface area contributed by atoms with Gasteiger partial charge in [-0.2, -0.15) is 5.10 Å². The molecule has 16 heavy (non-hydrogen) atoms. The first-order chi connectivity index (χ1) is 7.58. The van der Waals surface area contributed by atoms with E-state index in [1.54, 1.807) is 6.20 Å². The lowest BCUT2D eigenvalue weighted by Crippen LogP contribution is -2.30. The van der Waals surface area contributed by atoms with Crippen LogP contribution in [0.1, 0.15) is 26.3 Å². The van der Waals surface area contributed by atoms with Crippen LogP contribution >= 0.6 is 0 Å². The maximum atomic E-state index is 14.0. The Morgan fingerprint density at radius 1 is 1.50 bits per heavy atom.